The molecule has 1 aliphatic heterocycles. The molecule has 2 heterocycles. The van der Waals surface area contributed by atoms with Crippen LogP contribution in [-0.4, -0.2) is 78.0 Å². The molecule has 51 heavy (non-hydrogen) atoms. The van der Waals surface area contributed by atoms with Gasteiger partial charge in [-0.3, -0.25) is 9.59 Å². The number of carbonyl (C=O) groups excluding carboxylic acids is 2. The van der Waals surface area contributed by atoms with Crippen LogP contribution in [-0.2, 0) is 0 Å². The number of hydrogen-bond donors (Lipinski definition) is 2. The first-order valence-corrected chi connectivity index (χ1v) is 17.7. The van der Waals surface area contributed by atoms with E-state index in [0.717, 1.165) is 26.1 Å². The molecule has 0 radical (unpaired) electrons. The Morgan fingerprint density at radius 3 is 2.37 bits per heavy atom. The van der Waals surface area contributed by atoms with Gasteiger partial charge in [-0.1, -0.05) is 35.7 Å². The fourth-order valence-electron chi connectivity index (χ4n) is 5.62. The van der Waals surface area contributed by atoms with E-state index in [4.69, 9.17) is 37.4 Å². The highest BCUT2D eigenvalue weighted by Gasteiger charge is 2.22. The van der Waals surface area contributed by atoms with Crippen molar-refractivity contribution in [1.82, 2.24) is 19.8 Å². The molecule has 14 heteroatoms. The molecule has 0 spiro atoms. The fourth-order valence-corrected chi connectivity index (χ4v) is 6.11. The first kappa shape index (κ1) is 37.6. The number of benzene rings is 3. The third-order valence-electron chi connectivity index (χ3n) is 8.38. The second-order valence-corrected chi connectivity index (χ2v) is 12.6. The zero-order valence-electron chi connectivity index (χ0n) is 28.8. The standard InChI is InChI=1S/C37H41Cl2FN6O5/c1-4-46(5-2)36(48)24-13-15-31(32(21-24)49-3)51-35-26(34(47)43-33-27(38)11-9-12-28(33)39)23-41-37(44-35)42-25-14-16-30(29(40)22-25)50-20-10-19-45-17-7-6-8-18-45/h9,11-16,21-23H,4-8,10,17-20H2,1-3H3,(H,43,47)(H,41,42,44). The van der Waals surface area contributed by atoms with Gasteiger partial charge >= 0.3 is 0 Å². The topological polar surface area (TPSA) is 118 Å². The summed E-state index contributed by atoms with van der Waals surface area (Å²) < 4.78 is 32.5. The molecule has 1 aliphatic rings. The van der Waals surface area contributed by atoms with Gasteiger partial charge in [0.2, 0.25) is 11.8 Å². The minimum atomic E-state index is -0.660. The van der Waals surface area contributed by atoms with Gasteiger partial charge in [0.1, 0.15) is 5.56 Å². The largest absolute Gasteiger partial charge is 0.493 e. The summed E-state index contributed by atoms with van der Waals surface area (Å²) >= 11 is 12.6. The molecule has 0 aliphatic carbocycles. The molecule has 1 aromatic heterocycles. The Morgan fingerprint density at radius 2 is 1.69 bits per heavy atom. The van der Waals surface area contributed by atoms with E-state index >= 15 is 4.39 Å². The average Bonchev–Trinajstić information content (AvgIpc) is 3.13. The minimum Gasteiger partial charge on any atom is -0.493 e. The van der Waals surface area contributed by atoms with Crippen LogP contribution in [0.1, 0.15) is 60.2 Å². The van der Waals surface area contributed by atoms with Gasteiger partial charge in [-0.25, -0.2) is 9.37 Å². The van der Waals surface area contributed by atoms with Crippen LogP contribution in [0.3, 0.4) is 0 Å². The third kappa shape index (κ3) is 9.78. The molecule has 2 N–H and O–H groups in total. The molecule has 0 unspecified atom stereocenters. The van der Waals surface area contributed by atoms with Crippen LogP contribution >= 0.6 is 23.2 Å². The van der Waals surface area contributed by atoms with E-state index in [1.807, 2.05) is 13.8 Å². The number of hydrogen-bond acceptors (Lipinski definition) is 9. The number of nitrogens with zero attached hydrogens (tertiary/aromatic N) is 4. The molecule has 270 valence electrons. The van der Waals surface area contributed by atoms with Gasteiger partial charge < -0.3 is 34.6 Å². The predicted octanol–water partition coefficient (Wildman–Crippen LogP) is 8.46. The van der Waals surface area contributed by atoms with Crippen molar-refractivity contribution in [2.75, 3.05) is 57.1 Å². The Labute approximate surface area is 307 Å². The van der Waals surface area contributed by atoms with E-state index in [1.165, 1.54) is 44.7 Å². The Kier molecular flexibility index (Phi) is 13.3. The maximum absolute atomic E-state index is 15.1. The van der Waals surface area contributed by atoms with Crippen LogP contribution in [0.2, 0.25) is 10.0 Å². The van der Waals surface area contributed by atoms with Gasteiger partial charge in [-0.15, -0.1) is 0 Å². The highest BCUT2D eigenvalue weighted by atomic mass is 35.5. The SMILES string of the molecule is CCN(CC)C(=O)c1ccc(Oc2nc(Nc3ccc(OCCCN4CCCCC4)c(F)c3)ncc2C(=O)Nc2c(Cl)cccc2Cl)c(OC)c1. The molecule has 3 aromatic carbocycles. The molecular formula is C37H41Cl2FN6O5. The first-order valence-electron chi connectivity index (χ1n) is 16.9. The van der Waals surface area contributed by atoms with Gasteiger partial charge in [-0.2, -0.15) is 4.98 Å². The zero-order valence-corrected chi connectivity index (χ0v) is 30.3. The van der Waals surface area contributed by atoms with Crippen LogP contribution in [0, 0.1) is 5.82 Å². The number of halogens is 3. The third-order valence-corrected chi connectivity index (χ3v) is 9.01. The maximum atomic E-state index is 15.1. The summed E-state index contributed by atoms with van der Waals surface area (Å²) in [6.07, 6.45) is 5.77. The molecule has 0 saturated carbocycles. The lowest BCUT2D eigenvalue weighted by atomic mass is 10.1. The van der Waals surface area contributed by atoms with Crippen molar-refractivity contribution in [3.8, 4) is 23.1 Å². The van der Waals surface area contributed by atoms with E-state index in [1.54, 1.807) is 47.4 Å². The van der Waals surface area contributed by atoms with Gasteiger partial charge in [-0.05, 0) is 88.7 Å². The second kappa shape index (κ2) is 18.0. The minimum absolute atomic E-state index is 0.0132. The number of anilines is 3. The van der Waals surface area contributed by atoms with Crippen molar-refractivity contribution in [1.29, 1.82) is 0 Å². The number of para-hydroxylation sites is 1. The Morgan fingerprint density at radius 1 is 0.961 bits per heavy atom. The highest BCUT2D eigenvalue weighted by molar-refractivity contribution is 6.40. The summed E-state index contributed by atoms with van der Waals surface area (Å²) in [5.41, 5.74) is 0.869. The average molecular weight is 740 g/mol. The predicted molar refractivity (Wildman–Crippen MR) is 197 cm³/mol. The number of nitrogens with one attached hydrogen (secondary N) is 2. The van der Waals surface area contributed by atoms with E-state index in [0.29, 0.717) is 30.9 Å². The Hall–Kier alpha value is -4.65. The van der Waals surface area contributed by atoms with Gasteiger partial charge in [0.25, 0.3) is 11.8 Å². The first-order chi connectivity index (χ1) is 24.7. The summed E-state index contributed by atoms with van der Waals surface area (Å²) in [5, 5.41) is 6.10. The van der Waals surface area contributed by atoms with Crippen molar-refractivity contribution < 1.29 is 28.2 Å². The number of amides is 2. The monoisotopic (exact) mass is 738 g/mol. The Balaban J connectivity index is 1.37. The number of ether oxygens (including phenoxy) is 3. The molecule has 5 rings (SSSR count). The second-order valence-electron chi connectivity index (χ2n) is 11.8. The smallest absolute Gasteiger partial charge is 0.262 e. The van der Waals surface area contributed by atoms with E-state index < -0.39 is 11.7 Å². The summed E-state index contributed by atoms with van der Waals surface area (Å²) in [7, 11) is 1.43. The molecule has 4 aromatic rings. The number of carbonyl (C=O) groups is 2. The molecule has 0 atom stereocenters. The van der Waals surface area contributed by atoms with Crippen molar-refractivity contribution in [2.45, 2.75) is 39.5 Å². The van der Waals surface area contributed by atoms with Gasteiger partial charge in [0.05, 0.1) is 29.4 Å². The van der Waals surface area contributed by atoms with Crippen molar-refractivity contribution in [3.05, 3.63) is 87.8 Å². The summed E-state index contributed by atoms with van der Waals surface area (Å²) in [5.74, 6) is -0.979. The summed E-state index contributed by atoms with van der Waals surface area (Å²) in [6.45, 7) is 8.40. The molecular weight excluding hydrogens is 698 g/mol. The number of aromatic nitrogens is 2. The summed E-state index contributed by atoms with van der Waals surface area (Å²) in [4.78, 5) is 39.4. The maximum Gasteiger partial charge on any atom is 0.262 e. The van der Waals surface area contributed by atoms with Crippen LogP contribution in [0.4, 0.5) is 21.7 Å². The lowest BCUT2D eigenvalue weighted by Crippen LogP contribution is -2.31. The lowest BCUT2D eigenvalue weighted by molar-refractivity contribution is 0.0772. The fraction of sp³-hybridized carbons (Fsp3) is 0.351. The number of likely N-dealkylation sites (tertiary alicyclic amines) is 1. The quantitative estimate of drug-likeness (QED) is 0.116. The van der Waals surface area contributed by atoms with Crippen molar-refractivity contribution in [3.63, 3.8) is 0 Å². The van der Waals surface area contributed by atoms with E-state index in [-0.39, 0.29) is 56.3 Å². The molecule has 2 amide bonds. The van der Waals surface area contributed by atoms with E-state index in [2.05, 4.69) is 25.5 Å². The molecule has 1 saturated heterocycles. The van der Waals surface area contributed by atoms with Crippen LogP contribution in [0.25, 0.3) is 0 Å². The lowest BCUT2D eigenvalue weighted by Gasteiger charge is -2.26. The zero-order chi connectivity index (χ0) is 36.3. The van der Waals surface area contributed by atoms with Gasteiger partial charge in [0, 0.05) is 43.1 Å². The number of piperidine rings is 1. The van der Waals surface area contributed by atoms with Crippen molar-refractivity contribution >= 4 is 52.3 Å². The molecule has 1 fully saturated rings. The van der Waals surface area contributed by atoms with Crippen LogP contribution in [0.5, 0.6) is 23.1 Å². The summed E-state index contributed by atoms with van der Waals surface area (Å²) in [6, 6.07) is 14.0. The number of methoxy groups -OCH3 is 1. The molecule has 11 nitrogen and oxygen atoms in total. The molecule has 0 bridgehead atoms. The van der Waals surface area contributed by atoms with E-state index in [9.17, 15) is 9.59 Å². The Bertz CT molecular complexity index is 1820. The number of rotatable bonds is 15. The van der Waals surface area contributed by atoms with Gasteiger partial charge in [0.15, 0.2) is 23.1 Å². The van der Waals surface area contributed by atoms with Crippen LogP contribution in [0.15, 0.2) is 60.8 Å². The normalized spacial score (nSPS) is 13.0. The van der Waals surface area contributed by atoms with Crippen LogP contribution < -0.4 is 24.8 Å². The van der Waals surface area contributed by atoms with Crippen molar-refractivity contribution in [2.24, 2.45) is 0 Å². The highest BCUT2D eigenvalue weighted by Crippen LogP contribution is 2.36.